The zero-order chi connectivity index (χ0) is 13.7. The van der Waals surface area contributed by atoms with Gasteiger partial charge in [0, 0.05) is 6.54 Å². The third kappa shape index (κ3) is 3.99. The molecule has 0 aliphatic rings. The lowest BCUT2D eigenvalue weighted by Gasteiger charge is -2.19. The predicted octanol–water partition coefficient (Wildman–Crippen LogP) is 2.06. The molecule has 0 radical (unpaired) electrons. The Bertz CT molecular complexity index is 421. The van der Waals surface area contributed by atoms with Crippen molar-refractivity contribution in [1.29, 1.82) is 0 Å². The van der Waals surface area contributed by atoms with Crippen molar-refractivity contribution in [2.45, 2.75) is 26.4 Å². The molecule has 0 heterocycles. The van der Waals surface area contributed by atoms with E-state index in [1.165, 1.54) is 0 Å². The highest BCUT2D eigenvalue weighted by Crippen LogP contribution is 2.25. The average molecular weight is 315 g/mol. The third-order valence-corrected chi connectivity index (χ3v) is 3.34. The lowest BCUT2D eigenvalue weighted by atomic mass is 10.0. The smallest absolute Gasteiger partial charge is 0.234 e. The molecule has 1 rings (SSSR count). The Labute approximate surface area is 116 Å². The molecule has 1 amide bonds. The number of rotatable bonds is 6. The normalized spacial score (nSPS) is 12.5. The van der Waals surface area contributed by atoms with Crippen LogP contribution >= 0.6 is 15.9 Å². The second-order valence-corrected chi connectivity index (χ2v) is 5.33. The first-order chi connectivity index (χ1) is 8.45. The van der Waals surface area contributed by atoms with Gasteiger partial charge in [-0.15, -0.1) is 0 Å². The summed E-state index contributed by atoms with van der Waals surface area (Å²) >= 11 is 3.43. The van der Waals surface area contributed by atoms with Gasteiger partial charge in [0.25, 0.3) is 0 Å². The number of halogens is 1. The summed E-state index contributed by atoms with van der Waals surface area (Å²) < 4.78 is 6.05. The van der Waals surface area contributed by atoms with Crippen LogP contribution in [0.1, 0.15) is 19.4 Å². The number of carbonyl (C=O) groups excluding carboxylic acids is 1. The number of hydrogen-bond acceptors (Lipinski definition) is 3. The molecule has 1 atom stereocenters. The van der Waals surface area contributed by atoms with Crippen LogP contribution in [-0.4, -0.2) is 19.1 Å². The minimum atomic E-state index is -0.322. The van der Waals surface area contributed by atoms with Gasteiger partial charge in [0.1, 0.15) is 5.75 Å². The molecule has 0 aliphatic heterocycles. The fraction of sp³-hybridized carbons (Fsp3) is 0.462. The van der Waals surface area contributed by atoms with Crippen molar-refractivity contribution < 1.29 is 9.53 Å². The lowest BCUT2D eigenvalue weighted by molar-refractivity contribution is -0.121. The standard InChI is InChI=1S/C13H19BrN2O2/c1-8(2)12(13(15)17)16-7-9-4-5-11(18-3)10(14)6-9/h4-6,8,12,16H,7H2,1-3H3,(H2,15,17). The molecule has 0 saturated carbocycles. The van der Waals surface area contributed by atoms with Crippen LogP contribution in [0, 0.1) is 5.92 Å². The molecular formula is C13H19BrN2O2. The highest BCUT2D eigenvalue weighted by atomic mass is 79.9. The maximum absolute atomic E-state index is 11.3. The second kappa shape index (κ2) is 6.75. The van der Waals surface area contributed by atoms with Crippen LogP contribution in [0.5, 0.6) is 5.75 Å². The Kier molecular flexibility index (Phi) is 5.62. The number of ether oxygens (including phenoxy) is 1. The number of primary amides is 1. The first-order valence-electron chi connectivity index (χ1n) is 5.80. The predicted molar refractivity (Wildman–Crippen MR) is 75.4 cm³/mol. The van der Waals surface area contributed by atoms with Gasteiger partial charge in [-0.25, -0.2) is 0 Å². The van der Waals surface area contributed by atoms with E-state index >= 15 is 0 Å². The van der Waals surface area contributed by atoms with E-state index in [4.69, 9.17) is 10.5 Å². The highest BCUT2D eigenvalue weighted by Gasteiger charge is 2.18. The minimum absolute atomic E-state index is 0.171. The van der Waals surface area contributed by atoms with Gasteiger partial charge < -0.3 is 15.8 Å². The summed E-state index contributed by atoms with van der Waals surface area (Å²) in [5.41, 5.74) is 6.41. The summed E-state index contributed by atoms with van der Waals surface area (Å²) in [5.74, 6) is 0.635. The van der Waals surface area contributed by atoms with Crippen LogP contribution in [0.15, 0.2) is 22.7 Å². The summed E-state index contributed by atoms with van der Waals surface area (Å²) in [5, 5.41) is 3.16. The zero-order valence-electron chi connectivity index (χ0n) is 10.9. The van der Waals surface area contributed by atoms with Gasteiger partial charge in [-0.3, -0.25) is 4.79 Å². The SMILES string of the molecule is COc1ccc(CNC(C(N)=O)C(C)C)cc1Br. The fourth-order valence-electron chi connectivity index (χ4n) is 1.71. The Morgan fingerprint density at radius 2 is 2.17 bits per heavy atom. The van der Waals surface area contributed by atoms with Gasteiger partial charge >= 0.3 is 0 Å². The van der Waals surface area contributed by atoms with Crippen LogP contribution in [0.3, 0.4) is 0 Å². The van der Waals surface area contributed by atoms with Crippen LogP contribution in [-0.2, 0) is 11.3 Å². The van der Waals surface area contributed by atoms with E-state index in [0.717, 1.165) is 15.8 Å². The topological polar surface area (TPSA) is 64.3 Å². The molecule has 1 aromatic carbocycles. The van der Waals surface area contributed by atoms with Crippen molar-refractivity contribution in [3.63, 3.8) is 0 Å². The Morgan fingerprint density at radius 1 is 1.50 bits per heavy atom. The maximum Gasteiger partial charge on any atom is 0.234 e. The van der Waals surface area contributed by atoms with Gasteiger partial charge in [0.15, 0.2) is 0 Å². The molecular weight excluding hydrogens is 296 g/mol. The van der Waals surface area contributed by atoms with Crippen molar-refractivity contribution >= 4 is 21.8 Å². The highest BCUT2D eigenvalue weighted by molar-refractivity contribution is 9.10. The van der Waals surface area contributed by atoms with E-state index in [-0.39, 0.29) is 17.9 Å². The molecule has 0 aliphatic carbocycles. The molecule has 100 valence electrons. The van der Waals surface area contributed by atoms with Crippen molar-refractivity contribution in [2.75, 3.05) is 7.11 Å². The van der Waals surface area contributed by atoms with E-state index in [1.54, 1.807) is 7.11 Å². The van der Waals surface area contributed by atoms with E-state index in [9.17, 15) is 4.79 Å². The quantitative estimate of drug-likeness (QED) is 0.844. The second-order valence-electron chi connectivity index (χ2n) is 4.47. The lowest BCUT2D eigenvalue weighted by Crippen LogP contribution is -2.44. The van der Waals surface area contributed by atoms with Crippen molar-refractivity contribution in [3.05, 3.63) is 28.2 Å². The summed E-state index contributed by atoms with van der Waals surface area (Å²) in [6, 6.07) is 5.49. The third-order valence-electron chi connectivity index (χ3n) is 2.72. The van der Waals surface area contributed by atoms with E-state index in [2.05, 4.69) is 21.2 Å². The van der Waals surface area contributed by atoms with Crippen LogP contribution in [0.2, 0.25) is 0 Å². The molecule has 18 heavy (non-hydrogen) atoms. The summed E-state index contributed by atoms with van der Waals surface area (Å²) in [6.45, 7) is 4.52. The van der Waals surface area contributed by atoms with Gasteiger partial charge in [-0.2, -0.15) is 0 Å². The zero-order valence-corrected chi connectivity index (χ0v) is 12.5. The number of nitrogens with one attached hydrogen (secondary N) is 1. The summed E-state index contributed by atoms with van der Waals surface area (Å²) in [6.07, 6.45) is 0. The van der Waals surface area contributed by atoms with E-state index < -0.39 is 0 Å². The van der Waals surface area contributed by atoms with Crippen LogP contribution in [0.25, 0.3) is 0 Å². The Morgan fingerprint density at radius 3 is 2.61 bits per heavy atom. The Hall–Kier alpha value is -1.07. The molecule has 3 N–H and O–H groups in total. The molecule has 5 heteroatoms. The number of nitrogens with two attached hydrogens (primary N) is 1. The van der Waals surface area contributed by atoms with Crippen LogP contribution < -0.4 is 15.8 Å². The van der Waals surface area contributed by atoms with Gasteiger partial charge in [0.05, 0.1) is 17.6 Å². The van der Waals surface area contributed by atoms with Crippen LogP contribution in [0.4, 0.5) is 0 Å². The Balaban J connectivity index is 2.68. The number of benzene rings is 1. The average Bonchev–Trinajstić information content (AvgIpc) is 2.28. The van der Waals surface area contributed by atoms with E-state index in [1.807, 2.05) is 32.0 Å². The summed E-state index contributed by atoms with van der Waals surface area (Å²) in [7, 11) is 1.62. The number of carbonyl (C=O) groups is 1. The van der Waals surface area contributed by atoms with Gasteiger partial charge in [0.2, 0.25) is 5.91 Å². The first kappa shape index (κ1) is 15.0. The minimum Gasteiger partial charge on any atom is -0.496 e. The van der Waals surface area contributed by atoms with Crippen molar-refractivity contribution in [1.82, 2.24) is 5.32 Å². The van der Waals surface area contributed by atoms with Gasteiger partial charge in [-0.1, -0.05) is 19.9 Å². The van der Waals surface area contributed by atoms with E-state index in [0.29, 0.717) is 6.54 Å². The molecule has 1 unspecified atom stereocenters. The van der Waals surface area contributed by atoms with Crippen molar-refractivity contribution in [3.8, 4) is 5.75 Å². The number of amides is 1. The monoisotopic (exact) mass is 314 g/mol. The molecule has 0 saturated heterocycles. The summed E-state index contributed by atoms with van der Waals surface area (Å²) in [4.78, 5) is 11.3. The molecule has 1 aromatic rings. The maximum atomic E-state index is 11.3. The molecule has 0 aromatic heterocycles. The molecule has 0 spiro atoms. The number of methoxy groups -OCH3 is 1. The first-order valence-corrected chi connectivity index (χ1v) is 6.60. The van der Waals surface area contributed by atoms with Crippen molar-refractivity contribution in [2.24, 2.45) is 11.7 Å². The fourth-order valence-corrected chi connectivity index (χ4v) is 2.30. The largest absolute Gasteiger partial charge is 0.496 e. The molecule has 0 fully saturated rings. The van der Waals surface area contributed by atoms with Gasteiger partial charge in [-0.05, 0) is 39.5 Å². The molecule has 4 nitrogen and oxygen atoms in total. The molecule has 0 bridgehead atoms. The number of hydrogen-bond donors (Lipinski definition) is 2.